The number of benzene rings is 2. The summed E-state index contributed by atoms with van der Waals surface area (Å²) in [4.78, 5) is 31.8. The maximum Gasteiger partial charge on any atom is 0.254 e. The Morgan fingerprint density at radius 2 is 1.73 bits per heavy atom. The van der Waals surface area contributed by atoms with Gasteiger partial charge in [-0.25, -0.2) is 0 Å². The van der Waals surface area contributed by atoms with Crippen LogP contribution >= 0.6 is 23.2 Å². The molecule has 170 valence electrons. The van der Waals surface area contributed by atoms with E-state index in [1.807, 2.05) is 38.1 Å². The quantitative estimate of drug-likeness (QED) is 0.566. The highest BCUT2D eigenvalue weighted by Crippen LogP contribution is 2.38. The van der Waals surface area contributed by atoms with Crippen molar-refractivity contribution in [3.8, 4) is 22.4 Å². The Bertz CT molecular complexity index is 1210. The molecule has 1 saturated heterocycles. The van der Waals surface area contributed by atoms with Crippen molar-refractivity contribution >= 4 is 35.0 Å². The minimum atomic E-state index is -0.663. The number of nitrogens with two attached hydrogens (primary N) is 1. The Kier molecular flexibility index (Phi) is 6.70. The minimum Gasteiger partial charge on any atom is -0.366 e. The van der Waals surface area contributed by atoms with Gasteiger partial charge in [0, 0.05) is 53.1 Å². The molecule has 1 aliphatic heterocycles. The molecular weight excluding hydrogens is 459 g/mol. The number of aromatic nitrogens is 1. The molecule has 6 nitrogen and oxygen atoms in total. The zero-order valence-electron chi connectivity index (χ0n) is 18.3. The lowest BCUT2D eigenvalue weighted by Crippen LogP contribution is -2.55. The number of piperazine rings is 1. The van der Waals surface area contributed by atoms with Crippen LogP contribution in [0.1, 0.15) is 34.6 Å². The van der Waals surface area contributed by atoms with Gasteiger partial charge >= 0.3 is 0 Å². The van der Waals surface area contributed by atoms with Gasteiger partial charge in [0.05, 0.1) is 16.3 Å². The molecule has 3 aromatic rings. The van der Waals surface area contributed by atoms with E-state index in [0.29, 0.717) is 46.1 Å². The molecule has 2 aromatic carbocycles. The van der Waals surface area contributed by atoms with E-state index in [-0.39, 0.29) is 28.6 Å². The lowest BCUT2D eigenvalue weighted by molar-refractivity contribution is 0.0674. The molecular formula is C25H24Cl2N4O2. The average Bonchev–Trinajstić information content (AvgIpc) is 2.78. The number of pyridine rings is 1. The van der Waals surface area contributed by atoms with Crippen LogP contribution < -0.4 is 11.1 Å². The lowest BCUT2D eigenvalue weighted by Gasteiger charge is -2.36. The summed E-state index contributed by atoms with van der Waals surface area (Å²) in [6.45, 7) is 5.21. The molecule has 2 heterocycles. The summed E-state index contributed by atoms with van der Waals surface area (Å²) in [5.41, 5.74) is 8.58. The van der Waals surface area contributed by atoms with E-state index in [4.69, 9.17) is 28.9 Å². The minimum absolute atomic E-state index is 0.138. The molecule has 0 bridgehead atoms. The fourth-order valence-corrected chi connectivity index (χ4v) is 4.87. The van der Waals surface area contributed by atoms with Crippen molar-refractivity contribution in [2.45, 2.75) is 25.9 Å². The number of hydrogen-bond acceptors (Lipinski definition) is 4. The fourth-order valence-electron chi connectivity index (χ4n) is 4.29. The van der Waals surface area contributed by atoms with Crippen LogP contribution in [0, 0.1) is 0 Å². The smallest absolute Gasteiger partial charge is 0.254 e. The maximum absolute atomic E-state index is 13.6. The molecule has 2 amide bonds. The van der Waals surface area contributed by atoms with Crippen molar-refractivity contribution in [3.63, 3.8) is 0 Å². The number of carbonyl (C=O) groups excluding carboxylic acids is 2. The highest BCUT2D eigenvalue weighted by molar-refractivity contribution is 6.37. The van der Waals surface area contributed by atoms with Gasteiger partial charge in [-0.05, 0) is 55.8 Å². The predicted molar refractivity (Wildman–Crippen MR) is 132 cm³/mol. The van der Waals surface area contributed by atoms with Crippen molar-refractivity contribution in [2.24, 2.45) is 5.73 Å². The first-order chi connectivity index (χ1) is 15.8. The summed E-state index contributed by atoms with van der Waals surface area (Å²) in [6.07, 6.45) is 1.68. The van der Waals surface area contributed by atoms with E-state index < -0.39 is 5.91 Å². The van der Waals surface area contributed by atoms with Crippen LogP contribution in [0.2, 0.25) is 10.0 Å². The molecule has 0 aliphatic carbocycles. The Morgan fingerprint density at radius 3 is 2.36 bits per heavy atom. The van der Waals surface area contributed by atoms with Crippen LogP contribution in [-0.4, -0.2) is 46.9 Å². The second-order valence-electron chi connectivity index (χ2n) is 8.30. The number of rotatable bonds is 4. The van der Waals surface area contributed by atoms with E-state index in [1.54, 1.807) is 29.3 Å². The van der Waals surface area contributed by atoms with E-state index in [9.17, 15) is 9.59 Å². The van der Waals surface area contributed by atoms with E-state index >= 15 is 0 Å². The van der Waals surface area contributed by atoms with Crippen LogP contribution in [0.5, 0.6) is 0 Å². The molecule has 2 unspecified atom stereocenters. The van der Waals surface area contributed by atoms with Gasteiger partial charge in [0.25, 0.3) is 5.91 Å². The topological polar surface area (TPSA) is 88.3 Å². The van der Waals surface area contributed by atoms with Gasteiger partial charge in [0.1, 0.15) is 0 Å². The molecule has 2 atom stereocenters. The van der Waals surface area contributed by atoms with Crippen LogP contribution in [0.15, 0.2) is 54.7 Å². The largest absolute Gasteiger partial charge is 0.366 e. The van der Waals surface area contributed by atoms with Crippen molar-refractivity contribution in [1.29, 1.82) is 0 Å². The van der Waals surface area contributed by atoms with Gasteiger partial charge in [0.15, 0.2) is 0 Å². The number of carbonyl (C=O) groups is 2. The summed E-state index contributed by atoms with van der Waals surface area (Å²) in [6, 6.07) is 14.3. The van der Waals surface area contributed by atoms with Crippen LogP contribution in [0.4, 0.5) is 0 Å². The molecule has 33 heavy (non-hydrogen) atoms. The Morgan fingerprint density at radius 1 is 1.03 bits per heavy atom. The number of hydrogen-bond donors (Lipinski definition) is 2. The third-order valence-electron chi connectivity index (χ3n) is 5.68. The van der Waals surface area contributed by atoms with Gasteiger partial charge < -0.3 is 16.0 Å². The molecule has 8 heteroatoms. The first kappa shape index (κ1) is 23.2. The van der Waals surface area contributed by atoms with Gasteiger partial charge in [-0.15, -0.1) is 0 Å². The van der Waals surface area contributed by atoms with Gasteiger partial charge in [-0.2, -0.15) is 0 Å². The first-order valence-electron chi connectivity index (χ1n) is 10.6. The SMILES string of the molecule is CC1CN(C(=O)c2ccc(C(N)=O)c(Cl)c2-c2ccc(Cl)c(-c3ccccn3)c2)CC(C)N1. The second kappa shape index (κ2) is 9.51. The van der Waals surface area contributed by atoms with Crippen molar-refractivity contribution < 1.29 is 9.59 Å². The number of amides is 2. The highest BCUT2D eigenvalue weighted by atomic mass is 35.5. The summed E-state index contributed by atoms with van der Waals surface area (Å²) >= 11 is 13.2. The second-order valence-corrected chi connectivity index (χ2v) is 9.09. The molecule has 1 aromatic heterocycles. The average molecular weight is 483 g/mol. The predicted octanol–water partition coefficient (Wildman–Crippen LogP) is 4.64. The van der Waals surface area contributed by atoms with Crippen LogP contribution in [0.25, 0.3) is 22.4 Å². The number of nitrogens with one attached hydrogen (secondary N) is 1. The number of halogens is 2. The lowest BCUT2D eigenvalue weighted by atomic mass is 9.93. The highest BCUT2D eigenvalue weighted by Gasteiger charge is 2.29. The van der Waals surface area contributed by atoms with Gasteiger partial charge in [-0.3, -0.25) is 14.6 Å². The van der Waals surface area contributed by atoms with Crippen molar-refractivity contribution in [3.05, 3.63) is 75.9 Å². The Balaban J connectivity index is 1.88. The third kappa shape index (κ3) is 4.74. The number of primary amides is 1. The molecule has 0 saturated carbocycles. The maximum atomic E-state index is 13.6. The molecule has 4 rings (SSSR count). The molecule has 3 N–H and O–H groups in total. The summed E-state index contributed by atoms with van der Waals surface area (Å²) in [5, 5.41) is 4.08. The van der Waals surface area contributed by atoms with Crippen LogP contribution in [-0.2, 0) is 0 Å². The summed E-state index contributed by atoms with van der Waals surface area (Å²) in [7, 11) is 0. The van der Waals surface area contributed by atoms with Crippen molar-refractivity contribution in [2.75, 3.05) is 13.1 Å². The fraction of sp³-hybridized carbons (Fsp3) is 0.240. The van der Waals surface area contributed by atoms with E-state index in [1.165, 1.54) is 6.07 Å². The monoisotopic (exact) mass is 482 g/mol. The molecule has 1 fully saturated rings. The van der Waals surface area contributed by atoms with E-state index in [2.05, 4.69) is 10.3 Å². The Hall–Kier alpha value is -2.93. The number of nitrogens with zero attached hydrogens (tertiary/aromatic N) is 2. The summed E-state index contributed by atoms with van der Waals surface area (Å²) in [5.74, 6) is -0.818. The third-order valence-corrected chi connectivity index (χ3v) is 6.40. The van der Waals surface area contributed by atoms with Gasteiger partial charge in [-0.1, -0.05) is 35.3 Å². The standard InChI is InChI=1S/C25H24Cl2N4O2/c1-14-12-31(13-15(2)30-14)25(33)17-7-8-18(24(28)32)23(27)22(17)16-6-9-20(26)19(11-16)21-5-3-4-10-29-21/h3-11,14-15,30H,12-13H2,1-2H3,(H2,28,32). The molecule has 0 spiro atoms. The van der Waals surface area contributed by atoms with Crippen LogP contribution in [0.3, 0.4) is 0 Å². The van der Waals surface area contributed by atoms with E-state index in [0.717, 1.165) is 0 Å². The Labute approximate surface area is 202 Å². The zero-order valence-corrected chi connectivity index (χ0v) is 19.8. The zero-order chi connectivity index (χ0) is 23.7. The molecule has 0 radical (unpaired) electrons. The normalized spacial score (nSPS) is 18.2. The summed E-state index contributed by atoms with van der Waals surface area (Å²) < 4.78 is 0. The van der Waals surface area contributed by atoms with Crippen molar-refractivity contribution in [1.82, 2.24) is 15.2 Å². The molecule has 1 aliphatic rings. The first-order valence-corrected chi connectivity index (χ1v) is 11.4. The van der Waals surface area contributed by atoms with Gasteiger partial charge in [0.2, 0.25) is 5.91 Å².